The predicted octanol–water partition coefficient (Wildman–Crippen LogP) is 11.5. The molecule has 0 bridgehead atoms. The Morgan fingerprint density at radius 3 is 1.57 bits per heavy atom. The molecular weight excluding hydrogens is 740 g/mol. The number of aromatic nitrogens is 2. The number of anilines is 1. The summed E-state index contributed by atoms with van der Waals surface area (Å²) in [5, 5.41) is 0. The molecule has 284 valence electrons. The van der Waals surface area contributed by atoms with Crippen molar-refractivity contribution in [2.24, 2.45) is 0 Å². The van der Waals surface area contributed by atoms with Gasteiger partial charge in [0.05, 0.1) is 0 Å². The van der Waals surface area contributed by atoms with Crippen LogP contribution in [0.2, 0.25) is 0 Å². The molecule has 1 aliphatic rings. The van der Waals surface area contributed by atoms with Gasteiger partial charge in [-0.2, -0.15) is 0 Å². The molecule has 53 heavy (non-hydrogen) atoms. The van der Waals surface area contributed by atoms with Crippen LogP contribution in [0.25, 0.3) is 22.3 Å². The van der Waals surface area contributed by atoms with Crippen molar-refractivity contribution in [3.63, 3.8) is 0 Å². The second kappa shape index (κ2) is 18.5. The monoisotopic (exact) mass is 786 g/mol. The average Bonchev–Trinajstić information content (AvgIpc) is 3.08. The molecule has 5 aromatic rings. The number of piperidine rings is 1. The highest BCUT2D eigenvalue weighted by Crippen LogP contribution is 2.32. The van der Waals surface area contributed by atoms with Crippen molar-refractivity contribution in [1.82, 2.24) is 14.9 Å². The number of benzene rings is 3. The zero-order valence-electron chi connectivity index (χ0n) is 31.0. The molecular formula is C42H48Cl3F3N4O. The van der Waals surface area contributed by atoms with Crippen molar-refractivity contribution in [3.05, 3.63) is 130 Å². The van der Waals surface area contributed by atoms with Crippen molar-refractivity contribution in [2.75, 3.05) is 18.0 Å². The Hall–Kier alpha value is -3.82. The van der Waals surface area contributed by atoms with E-state index in [0.717, 1.165) is 60.4 Å². The number of nitrogens with zero attached hydrogens (tertiary/aromatic N) is 4. The lowest BCUT2D eigenvalue weighted by molar-refractivity contribution is -0.274. The molecule has 0 atom stereocenters. The number of halogens is 6. The molecule has 0 spiro atoms. The van der Waals surface area contributed by atoms with Gasteiger partial charge in [0.1, 0.15) is 5.75 Å². The number of pyridine rings is 2. The minimum absolute atomic E-state index is 0. The van der Waals surface area contributed by atoms with Crippen LogP contribution in [0.5, 0.6) is 5.75 Å². The molecule has 5 nitrogen and oxygen atoms in total. The van der Waals surface area contributed by atoms with Crippen molar-refractivity contribution in [1.29, 1.82) is 0 Å². The van der Waals surface area contributed by atoms with E-state index in [1.54, 1.807) is 12.1 Å². The smallest absolute Gasteiger partial charge is 0.406 e. The summed E-state index contributed by atoms with van der Waals surface area (Å²) in [4.78, 5) is 14.0. The molecule has 2 aromatic heterocycles. The first-order valence-corrected chi connectivity index (χ1v) is 17.2. The first kappa shape index (κ1) is 43.6. The lowest BCUT2D eigenvalue weighted by Gasteiger charge is -2.40. The number of likely N-dealkylation sites (tertiary alicyclic amines) is 1. The van der Waals surface area contributed by atoms with Crippen molar-refractivity contribution < 1.29 is 17.9 Å². The molecule has 0 amide bonds. The Balaban J connectivity index is 0.00000252. The van der Waals surface area contributed by atoms with Crippen LogP contribution in [-0.2, 0) is 13.1 Å². The second-order valence-electron chi connectivity index (χ2n) is 13.8. The molecule has 3 aromatic carbocycles. The van der Waals surface area contributed by atoms with E-state index in [1.807, 2.05) is 24.8 Å². The van der Waals surface area contributed by atoms with Crippen LogP contribution in [0.4, 0.5) is 18.9 Å². The second-order valence-corrected chi connectivity index (χ2v) is 13.8. The normalized spacial score (nSPS) is 13.4. The van der Waals surface area contributed by atoms with E-state index in [9.17, 15) is 13.2 Å². The number of hydrogen-bond donors (Lipinski definition) is 0. The fraction of sp³-hybridized carbons (Fsp3) is 0.333. The third-order valence-corrected chi connectivity index (χ3v) is 10.3. The van der Waals surface area contributed by atoms with Gasteiger partial charge in [0.2, 0.25) is 0 Å². The van der Waals surface area contributed by atoms with Crippen LogP contribution in [-0.4, -0.2) is 40.4 Å². The van der Waals surface area contributed by atoms with E-state index in [4.69, 9.17) is 0 Å². The van der Waals surface area contributed by atoms with E-state index in [0.29, 0.717) is 6.54 Å². The van der Waals surface area contributed by atoms with E-state index in [1.165, 1.54) is 56.6 Å². The molecule has 6 rings (SSSR count). The van der Waals surface area contributed by atoms with Crippen molar-refractivity contribution in [2.45, 2.75) is 79.9 Å². The molecule has 0 unspecified atom stereocenters. The Morgan fingerprint density at radius 2 is 1.09 bits per heavy atom. The highest BCUT2D eigenvalue weighted by molar-refractivity contribution is 5.86. The molecule has 0 aliphatic carbocycles. The van der Waals surface area contributed by atoms with E-state index >= 15 is 0 Å². The Kier molecular flexibility index (Phi) is 15.2. The summed E-state index contributed by atoms with van der Waals surface area (Å²) in [6.45, 7) is 16.0. The zero-order chi connectivity index (χ0) is 35.6. The maximum absolute atomic E-state index is 12.9. The maximum atomic E-state index is 12.9. The Morgan fingerprint density at radius 1 is 0.642 bits per heavy atom. The number of rotatable bonds is 9. The van der Waals surface area contributed by atoms with Gasteiger partial charge < -0.3 is 9.64 Å². The topological polar surface area (TPSA) is 41.5 Å². The highest BCUT2D eigenvalue weighted by atomic mass is 35.5. The van der Waals surface area contributed by atoms with Crippen LogP contribution in [0.1, 0.15) is 57.3 Å². The van der Waals surface area contributed by atoms with E-state index in [-0.39, 0.29) is 49.0 Å². The molecule has 11 heteroatoms. The molecule has 3 heterocycles. The summed E-state index contributed by atoms with van der Waals surface area (Å²) >= 11 is 0. The number of aryl methyl sites for hydroxylation is 4. The quantitative estimate of drug-likeness (QED) is 0.149. The summed E-state index contributed by atoms with van der Waals surface area (Å²) < 4.78 is 43.0. The minimum Gasteiger partial charge on any atom is -0.406 e. The first-order valence-electron chi connectivity index (χ1n) is 17.2. The maximum Gasteiger partial charge on any atom is 0.573 e. The van der Waals surface area contributed by atoms with Gasteiger partial charge in [-0.15, -0.1) is 50.4 Å². The van der Waals surface area contributed by atoms with Gasteiger partial charge in [-0.3, -0.25) is 14.9 Å². The van der Waals surface area contributed by atoms with Gasteiger partial charge in [0.15, 0.2) is 0 Å². The van der Waals surface area contributed by atoms with Crippen molar-refractivity contribution >= 4 is 42.9 Å². The summed E-state index contributed by atoms with van der Waals surface area (Å²) in [6.07, 6.45) is 4.76. The van der Waals surface area contributed by atoms with Crippen LogP contribution in [0.15, 0.2) is 85.5 Å². The number of hydrogen-bond acceptors (Lipinski definition) is 5. The zero-order valence-corrected chi connectivity index (χ0v) is 33.4. The Labute approximate surface area is 330 Å². The first-order chi connectivity index (χ1) is 23.8. The predicted molar refractivity (Wildman–Crippen MR) is 217 cm³/mol. The fourth-order valence-corrected chi connectivity index (χ4v) is 6.98. The van der Waals surface area contributed by atoms with Gasteiger partial charge in [-0.05, 0) is 146 Å². The number of alkyl halides is 3. The molecule has 0 radical (unpaired) electrons. The number of ether oxygens (including phenoxy) is 1. The molecule has 1 saturated heterocycles. The molecule has 0 saturated carbocycles. The lowest BCUT2D eigenvalue weighted by atomic mass is 9.96. The average molecular weight is 788 g/mol. The lowest BCUT2D eigenvalue weighted by Crippen LogP contribution is -2.44. The molecule has 1 aliphatic heterocycles. The van der Waals surface area contributed by atoms with Gasteiger partial charge in [0, 0.05) is 73.8 Å². The van der Waals surface area contributed by atoms with Crippen LogP contribution < -0.4 is 9.64 Å². The fourth-order valence-electron chi connectivity index (χ4n) is 6.98. The summed E-state index contributed by atoms with van der Waals surface area (Å²) in [7, 11) is 0. The summed E-state index contributed by atoms with van der Waals surface area (Å²) in [5.41, 5.74) is 15.2. The van der Waals surface area contributed by atoms with Crippen LogP contribution in [0.3, 0.4) is 0 Å². The minimum atomic E-state index is -4.74. The molecule has 0 N–H and O–H groups in total. The summed E-state index contributed by atoms with van der Waals surface area (Å²) in [5.74, 6) is -0.225. The highest BCUT2D eigenvalue weighted by Gasteiger charge is 2.31. The van der Waals surface area contributed by atoms with E-state index in [2.05, 4.69) is 102 Å². The van der Waals surface area contributed by atoms with Gasteiger partial charge >= 0.3 is 6.36 Å². The standard InChI is InChI=1S/C42H45F3N4O.3ClH/c1-27-15-35(16-28(2)31(27)5)37-19-33(21-46-23-37)25-48-13-11-40(12-14-48)49(39-7-9-41(10-8-39)50-42(43,44)45)26-34-20-38(24-47-22-34)36-17-29(3)32(6)30(4)18-36;;;/h7-10,15-24,40H,11-14,25-26H2,1-6H3;3*1H. The van der Waals surface area contributed by atoms with Crippen LogP contribution in [0, 0.1) is 41.5 Å². The SMILES string of the molecule is Cc1cc(-c2cncc(CN3CCC(N(Cc4cncc(-c5cc(C)c(C)c(C)c5)c4)c4ccc(OC(F)(F)F)cc4)CC3)c2)cc(C)c1C.Cl.Cl.Cl. The third kappa shape index (κ3) is 10.9. The van der Waals surface area contributed by atoms with Crippen LogP contribution >= 0.6 is 37.2 Å². The third-order valence-electron chi connectivity index (χ3n) is 10.3. The van der Waals surface area contributed by atoms with E-state index < -0.39 is 6.36 Å². The van der Waals surface area contributed by atoms with Gasteiger partial charge in [0.25, 0.3) is 0 Å². The Bertz CT molecular complexity index is 1930. The van der Waals surface area contributed by atoms with Gasteiger partial charge in [-0.1, -0.05) is 24.3 Å². The van der Waals surface area contributed by atoms with Gasteiger partial charge in [-0.25, -0.2) is 0 Å². The van der Waals surface area contributed by atoms with Crippen molar-refractivity contribution in [3.8, 4) is 28.0 Å². The molecule has 1 fully saturated rings. The summed E-state index contributed by atoms with van der Waals surface area (Å²) in [6, 6.07) is 19.7. The largest absolute Gasteiger partial charge is 0.573 e.